The van der Waals surface area contributed by atoms with E-state index in [0.29, 0.717) is 6.54 Å². The van der Waals surface area contributed by atoms with Crippen molar-refractivity contribution < 1.29 is 4.79 Å². The van der Waals surface area contributed by atoms with Gasteiger partial charge < -0.3 is 11.1 Å². The van der Waals surface area contributed by atoms with Crippen molar-refractivity contribution in [3.05, 3.63) is 22.4 Å². The minimum absolute atomic E-state index is 0.0362. The maximum Gasteiger partial charge on any atom is 0.237 e. The molecule has 4 heteroatoms. The average Bonchev–Trinajstić information content (AvgIpc) is 2.79. The van der Waals surface area contributed by atoms with E-state index in [4.69, 9.17) is 5.73 Å². The minimum atomic E-state index is -0.381. The molecule has 0 aliphatic rings. The molecule has 0 spiro atoms. The Bertz CT molecular complexity index is 311. The van der Waals surface area contributed by atoms with Crippen molar-refractivity contribution in [2.45, 2.75) is 32.7 Å². The first-order valence-electron chi connectivity index (χ1n) is 5.70. The van der Waals surface area contributed by atoms with E-state index in [0.717, 1.165) is 12.8 Å². The van der Waals surface area contributed by atoms with Crippen LogP contribution in [0.2, 0.25) is 0 Å². The van der Waals surface area contributed by atoms with Crippen LogP contribution in [0.5, 0.6) is 0 Å². The van der Waals surface area contributed by atoms with Crippen LogP contribution in [0.25, 0.3) is 0 Å². The third kappa shape index (κ3) is 3.94. The monoisotopic (exact) mass is 240 g/mol. The Morgan fingerprint density at radius 1 is 1.62 bits per heavy atom. The van der Waals surface area contributed by atoms with Crippen LogP contribution >= 0.6 is 11.3 Å². The molecule has 1 aromatic heterocycles. The third-order valence-corrected chi connectivity index (χ3v) is 3.75. The number of hydrogen-bond donors (Lipinski definition) is 2. The van der Waals surface area contributed by atoms with Crippen molar-refractivity contribution in [2.24, 2.45) is 11.7 Å². The van der Waals surface area contributed by atoms with E-state index in [2.05, 4.69) is 11.4 Å². The Hall–Kier alpha value is -0.870. The first kappa shape index (κ1) is 13.2. The first-order chi connectivity index (χ1) is 7.65. The van der Waals surface area contributed by atoms with E-state index < -0.39 is 0 Å². The van der Waals surface area contributed by atoms with Crippen LogP contribution in [-0.4, -0.2) is 18.5 Å². The highest BCUT2D eigenvalue weighted by atomic mass is 32.1. The summed E-state index contributed by atoms with van der Waals surface area (Å²) in [7, 11) is 0. The number of nitrogens with one attached hydrogen (secondary N) is 1. The lowest BCUT2D eigenvalue weighted by molar-refractivity contribution is -0.123. The van der Waals surface area contributed by atoms with Crippen molar-refractivity contribution >= 4 is 17.2 Å². The maximum absolute atomic E-state index is 11.6. The summed E-state index contributed by atoms with van der Waals surface area (Å²) in [5, 5.41) is 4.92. The molecule has 2 atom stereocenters. The fourth-order valence-corrected chi connectivity index (χ4v) is 2.10. The predicted octanol–water partition coefficient (Wildman–Crippen LogP) is 1.78. The molecule has 16 heavy (non-hydrogen) atoms. The van der Waals surface area contributed by atoms with Gasteiger partial charge in [0.2, 0.25) is 5.91 Å². The van der Waals surface area contributed by atoms with Gasteiger partial charge in [-0.15, -0.1) is 11.3 Å². The number of rotatable bonds is 6. The molecule has 0 aliphatic carbocycles. The first-order valence-corrected chi connectivity index (χ1v) is 6.58. The van der Waals surface area contributed by atoms with Gasteiger partial charge in [-0.05, 0) is 23.8 Å². The summed E-state index contributed by atoms with van der Waals surface area (Å²) in [6, 6.07) is 3.71. The van der Waals surface area contributed by atoms with Gasteiger partial charge in [-0.1, -0.05) is 26.3 Å². The summed E-state index contributed by atoms with van der Waals surface area (Å²) < 4.78 is 0. The second-order valence-electron chi connectivity index (χ2n) is 4.03. The van der Waals surface area contributed by atoms with Gasteiger partial charge in [0, 0.05) is 11.4 Å². The number of amides is 1. The zero-order chi connectivity index (χ0) is 12.0. The molecule has 1 amide bonds. The molecule has 0 saturated carbocycles. The highest BCUT2D eigenvalue weighted by Crippen LogP contribution is 2.08. The minimum Gasteiger partial charge on any atom is -0.354 e. The molecule has 0 saturated heterocycles. The summed E-state index contributed by atoms with van der Waals surface area (Å²) in [6.45, 7) is 4.72. The molecule has 0 radical (unpaired) electrons. The van der Waals surface area contributed by atoms with E-state index in [1.54, 1.807) is 11.3 Å². The van der Waals surface area contributed by atoms with Gasteiger partial charge in [-0.3, -0.25) is 4.79 Å². The molecule has 0 aromatic carbocycles. The zero-order valence-corrected chi connectivity index (χ0v) is 10.7. The smallest absolute Gasteiger partial charge is 0.237 e. The largest absolute Gasteiger partial charge is 0.354 e. The Kier molecular flexibility index (Phi) is 5.49. The normalized spacial score (nSPS) is 14.4. The lowest BCUT2D eigenvalue weighted by Crippen LogP contribution is -2.45. The highest BCUT2D eigenvalue weighted by molar-refractivity contribution is 7.09. The molecule has 2 unspecified atom stereocenters. The number of thiophene rings is 1. The summed E-state index contributed by atoms with van der Waals surface area (Å²) in [4.78, 5) is 12.9. The molecule has 0 bridgehead atoms. The summed E-state index contributed by atoms with van der Waals surface area (Å²) in [6.07, 6.45) is 1.82. The highest BCUT2D eigenvalue weighted by Gasteiger charge is 2.18. The van der Waals surface area contributed by atoms with Crippen molar-refractivity contribution in [3.8, 4) is 0 Å². The lowest BCUT2D eigenvalue weighted by atomic mass is 9.99. The molecule has 3 nitrogen and oxygen atoms in total. The Balaban J connectivity index is 2.24. The number of hydrogen-bond acceptors (Lipinski definition) is 3. The second-order valence-corrected chi connectivity index (χ2v) is 5.06. The molecule has 90 valence electrons. The summed E-state index contributed by atoms with van der Waals surface area (Å²) >= 11 is 1.71. The van der Waals surface area contributed by atoms with E-state index in [1.807, 2.05) is 25.3 Å². The Labute approximate surface area is 101 Å². The Morgan fingerprint density at radius 2 is 2.38 bits per heavy atom. The van der Waals surface area contributed by atoms with Gasteiger partial charge in [-0.25, -0.2) is 0 Å². The van der Waals surface area contributed by atoms with E-state index in [1.165, 1.54) is 4.88 Å². The fourth-order valence-electron chi connectivity index (χ4n) is 1.39. The van der Waals surface area contributed by atoms with Gasteiger partial charge >= 0.3 is 0 Å². The molecule has 1 aromatic rings. The molecule has 1 heterocycles. The van der Waals surface area contributed by atoms with Gasteiger partial charge in [0.15, 0.2) is 0 Å². The van der Waals surface area contributed by atoms with Crippen molar-refractivity contribution in [2.75, 3.05) is 6.54 Å². The second kappa shape index (κ2) is 6.66. The zero-order valence-electron chi connectivity index (χ0n) is 9.90. The van der Waals surface area contributed by atoms with Crippen molar-refractivity contribution in [1.29, 1.82) is 0 Å². The average molecular weight is 240 g/mol. The quantitative estimate of drug-likeness (QED) is 0.796. The number of nitrogens with two attached hydrogens (primary N) is 1. The molecule has 0 fully saturated rings. The van der Waals surface area contributed by atoms with Crippen LogP contribution in [0.3, 0.4) is 0 Å². The van der Waals surface area contributed by atoms with Gasteiger partial charge in [-0.2, -0.15) is 0 Å². The molecular weight excluding hydrogens is 220 g/mol. The lowest BCUT2D eigenvalue weighted by Gasteiger charge is -2.17. The van der Waals surface area contributed by atoms with E-state index >= 15 is 0 Å². The van der Waals surface area contributed by atoms with E-state index in [-0.39, 0.29) is 17.9 Å². The number of carbonyl (C=O) groups excluding carboxylic acids is 1. The van der Waals surface area contributed by atoms with Gasteiger partial charge in [0.1, 0.15) is 0 Å². The predicted molar refractivity (Wildman–Crippen MR) is 68.5 cm³/mol. The van der Waals surface area contributed by atoms with Crippen LogP contribution < -0.4 is 11.1 Å². The topological polar surface area (TPSA) is 55.1 Å². The number of carbonyl (C=O) groups is 1. The molecule has 3 N–H and O–H groups in total. The molecule has 1 rings (SSSR count). The van der Waals surface area contributed by atoms with Crippen LogP contribution in [0.4, 0.5) is 0 Å². The SMILES string of the molecule is CCC(C)C(N)C(=O)NCCc1cccs1. The van der Waals surface area contributed by atoms with Crippen molar-refractivity contribution in [1.82, 2.24) is 5.32 Å². The maximum atomic E-state index is 11.6. The standard InChI is InChI=1S/C12H20N2OS/c1-3-9(2)11(13)12(15)14-7-6-10-5-4-8-16-10/h4-5,8-9,11H,3,6-7,13H2,1-2H3,(H,14,15). The van der Waals surface area contributed by atoms with Crippen molar-refractivity contribution in [3.63, 3.8) is 0 Å². The summed E-state index contributed by atoms with van der Waals surface area (Å²) in [5.74, 6) is 0.202. The van der Waals surface area contributed by atoms with Gasteiger partial charge in [0.25, 0.3) is 0 Å². The van der Waals surface area contributed by atoms with Crippen LogP contribution in [0, 0.1) is 5.92 Å². The Morgan fingerprint density at radius 3 is 2.94 bits per heavy atom. The van der Waals surface area contributed by atoms with Crippen LogP contribution in [0.1, 0.15) is 25.1 Å². The summed E-state index contributed by atoms with van der Waals surface area (Å²) in [5.41, 5.74) is 5.82. The van der Waals surface area contributed by atoms with Crippen LogP contribution in [0.15, 0.2) is 17.5 Å². The van der Waals surface area contributed by atoms with Crippen LogP contribution in [-0.2, 0) is 11.2 Å². The van der Waals surface area contributed by atoms with E-state index in [9.17, 15) is 4.79 Å². The van der Waals surface area contributed by atoms with Gasteiger partial charge in [0.05, 0.1) is 6.04 Å². The fraction of sp³-hybridized carbons (Fsp3) is 0.583. The molecule has 0 aliphatic heterocycles. The molecular formula is C12H20N2OS. The third-order valence-electron chi connectivity index (χ3n) is 2.81.